The van der Waals surface area contributed by atoms with E-state index in [-0.39, 0.29) is 38.6 Å². The Kier molecular flexibility index (Phi) is 59.2. The van der Waals surface area contributed by atoms with E-state index >= 15 is 0 Å². The van der Waals surface area contributed by atoms with E-state index in [0.717, 1.165) is 103 Å². The molecule has 0 amide bonds. The van der Waals surface area contributed by atoms with Crippen LogP contribution in [0.25, 0.3) is 0 Å². The Morgan fingerprint density at radius 1 is 0.403 bits per heavy atom. The summed E-state index contributed by atoms with van der Waals surface area (Å²) in [6, 6.07) is 0. The molecule has 0 radical (unpaired) electrons. The second-order valence-corrected chi connectivity index (χ2v) is 22.0. The van der Waals surface area contributed by atoms with Gasteiger partial charge in [-0.25, -0.2) is 4.57 Å². The van der Waals surface area contributed by atoms with Gasteiger partial charge in [-0.1, -0.05) is 284 Å². The van der Waals surface area contributed by atoms with Crippen LogP contribution in [0, 0.1) is 0 Å². The molecular formula is C67H116NO8P. The van der Waals surface area contributed by atoms with Gasteiger partial charge in [0.1, 0.15) is 6.61 Å². The van der Waals surface area contributed by atoms with Gasteiger partial charge in [-0.3, -0.25) is 18.6 Å². The molecule has 0 aliphatic rings. The molecule has 0 aromatic rings. The molecule has 0 heterocycles. The van der Waals surface area contributed by atoms with Gasteiger partial charge in [0, 0.05) is 19.4 Å². The molecule has 0 spiro atoms. The Labute approximate surface area is 473 Å². The molecule has 0 rings (SSSR count). The molecule has 0 saturated carbocycles. The number of rotatable bonds is 58. The van der Waals surface area contributed by atoms with Crippen molar-refractivity contribution in [2.75, 3.05) is 26.4 Å². The van der Waals surface area contributed by atoms with Gasteiger partial charge in [-0.05, 0) is 83.5 Å². The summed E-state index contributed by atoms with van der Waals surface area (Å²) in [5, 5.41) is 0. The number of phosphoric acid groups is 1. The van der Waals surface area contributed by atoms with Crippen molar-refractivity contribution in [2.24, 2.45) is 5.73 Å². The predicted octanol–water partition coefficient (Wildman–Crippen LogP) is 20.2. The molecule has 0 aromatic carbocycles. The van der Waals surface area contributed by atoms with Crippen LogP contribution in [-0.4, -0.2) is 49.3 Å². The smallest absolute Gasteiger partial charge is 0.462 e. The van der Waals surface area contributed by atoms with E-state index < -0.39 is 26.5 Å². The number of ether oxygens (including phenoxy) is 2. The summed E-state index contributed by atoms with van der Waals surface area (Å²) in [5.41, 5.74) is 5.39. The van der Waals surface area contributed by atoms with Crippen molar-refractivity contribution in [2.45, 2.75) is 277 Å². The van der Waals surface area contributed by atoms with Gasteiger partial charge in [0.05, 0.1) is 13.2 Å². The van der Waals surface area contributed by atoms with E-state index in [1.165, 1.54) is 135 Å². The van der Waals surface area contributed by atoms with Gasteiger partial charge < -0.3 is 20.1 Å². The minimum Gasteiger partial charge on any atom is -0.462 e. The maximum Gasteiger partial charge on any atom is 0.472 e. The first-order valence-corrected chi connectivity index (χ1v) is 32.9. The van der Waals surface area contributed by atoms with Gasteiger partial charge in [0.15, 0.2) is 6.10 Å². The van der Waals surface area contributed by atoms with E-state index in [1.807, 2.05) is 0 Å². The summed E-state index contributed by atoms with van der Waals surface area (Å²) in [6.45, 7) is 3.64. The molecule has 77 heavy (non-hydrogen) atoms. The highest BCUT2D eigenvalue weighted by molar-refractivity contribution is 7.47. The third-order valence-electron chi connectivity index (χ3n) is 13.2. The number of hydrogen-bond donors (Lipinski definition) is 2. The lowest BCUT2D eigenvalue weighted by atomic mass is 10.0. The standard InChI is InChI=1S/C67H116NO8P/c1-3-5-7-9-11-13-15-17-19-21-23-24-25-26-27-28-29-30-31-32-33-34-35-36-37-38-39-40-42-44-46-48-50-52-54-56-58-60-67(70)76-65(64-75-77(71,72)74-62-61-68)63-73-66(69)59-57-55-53-51-49-47-45-43-41-22-20-18-16-14-12-10-8-6-4-2/h5,7,11,13,17,19,23-24,26-27,29-30,32-33,35-36,38-39,65H,3-4,6,8-10,12,14-16,18,20-22,25,28,31,34,37,40-64,68H2,1-2H3,(H,71,72)/b7-5-,13-11-,19-17-,24-23-,27-26-,30-29-,33-32-,36-35-,39-38-. The molecule has 10 heteroatoms. The van der Waals surface area contributed by atoms with Crippen LogP contribution in [0.3, 0.4) is 0 Å². The third kappa shape index (κ3) is 61.7. The topological polar surface area (TPSA) is 134 Å². The number of carbonyl (C=O) groups excluding carboxylic acids is 2. The Morgan fingerprint density at radius 3 is 1.06 bits per heavy atom. The first kappa shape index (κ1) is 73.7. The first-order chi connectivity index (χ1) is 37.8. The number of phosphoric ester groups is 1. The average molecular weight is 1090 g/mol. The molecule has 442 valence electrons. The van der Waals surface area contributed by atoms with Crippen molar-refractivity contribution in [1.82, 2.24) is 0 Å². The Balaban J connectivity index is 3.97. The summed E-state index contributed by atoms with van der Waals surface area (Å²) in [5.74, 6) is -0.830. The van der Waals surface area contributed by atoms with Crippen molar-refractivity contribution in [3.63, 3.8) is 0 Å². The molecule has 0 bridgehead atoms. The summed E-state index contributed by atoms with van der Waals surface area (Å²) >= 11 is 0. The number of allylic oxidation sites excluding steroid dienone is 18. The molecule has 3 N–H and O–H groups in total. The van der Waals surface area contributed by atoms with Crippen LogP contribution in [0.1, 0.15) is 271 Å². The Bertz CT molecular complexity index is 1630. The molecular weight excluding hydrogens is 978 g/mol. The van der Waals surface area contributed by atoms with Gasteiger partial charge in [0.2, 0.25) is 0 Å². The van der Waals surface area contributed by atoms with Crippen LogP contribution in [0.4, 0.5) is 0 Å². The van der Waals surface area contributed by atoms with Gasteiger partial charge in [0.25, 0.3) is 0 Å². The van der Waals surface area contributed by atoms with E-state index in [1.54, 1.807) is 0 Å². The summed E-state index contributed by atoms with van der Waals surface area (Å²) in [6.07, 6.45) is 84.4. The van der Waals surface area contributed by atoms with Crippen molar-refractivity contribution in [3.05, 3.63) is 109 Å². The summed E-state index contributed by atoms with van der Waals surface area (Å²) in [4.78, 5) is 35.2. The lowest BCUT2D eigenvalue weighted by molar-refractivity contribution is -0.161. The van der Waals surface area contributed by atoms with Gasteiger partial charge >= 0.3 is 19.8 Å². The number of hydrogen-bond acceptors (Lipinski definition) is 8. The minimum absolute atomic E-state index is 0.0492. The quantitative estimate of drug-likeness (QED) is 0.0264. The fraction of sp³-hybridized carbons (Fsp3) is 0.701. The maximum atomic E-state index is 12.7. The SMILES string of the molecule is CC/C=C\C/C=C\C/C=C\C/C=C\C/C=C\C/C=C\C/C=C\C/C=C\C/C=C\CCCCCCCCCCCC(=O)OC(COC(=O)CCCCCCCCCCCCCCCCCCCCC)COP(=O)(O)OCCN. The number of esters is 2. The number of nitrogens with two attached hydrogens (primary N) is 1. The minimum atomic E-state index is -4.39. The summed E-state index contributed by atoms with van der Waals surface area (Å²) < 4.78 is 33.1. The zero-order valence-electron chi connectivity index (χ0n) is 49.4. The Morgan fingerprint density at radius 2 is 0.714 bits per heavy atom. The molecule has 0 aromatic heterocycles. The average Bonchev–Trinajstić information content (AvgIpc) is 3.42. The van der Waals surface area contributed by atoms with Crippen molar-refractivity contribution >= 4 is 19.8 Å². The van der Waals surface area contributed by atoms with Crippen LogP contribution in [0.5, 0.6) is 0 Å². The Hall–Kier alpha value is -3.33. The van der Waals surface area contributed by atoms with E-state index in [2.05, 4.69) is 123 Å². The maximum absolute atomic E-state index is 12.7. The molecule has 2 unspecified atom stereocenters. The van der Waals surface area contributed by atoms with E-state index in [0.29, 0.717) is 6.42 Å². The van der Waals surface area contributed by atoms with Crippen molar-refractivity contribution in [3.8, 4) is 0 Å². The van der Waals surface area contributed by atoms with E-state index in [4.69, 9.17) is 24.3 Å². The van der Waals surface area contributed by atoms with Gasteiger partial charge in [-0.2, -0.15) is 0 Å². The zero-order chi connectivity index (χ0) is 55.9. The van der Waals surface area contributed by atoms with Crippen LogP contribution in [0.2, 0.25) is 0 Å². The highest BCUT2D eigenvalue weighted by Gasteiger charge is 2.26. The van der Waals surface area contributed by atoms with Gasteiger partial charge in [-0.15, -0.1) is 0 Å². The highest BCUT2D eigenvalue weighted by atomic mass is 31.2. The predicted molar refractivity (Wildman–Crippen MR) is 330 cm³/mol. The summed E-state index contributed by atoms with van der Waals surface area (Å²) in [7, 11) is -4.39. The lowest BCUT2D eigenvalue weighted by Crippen LogP contribution is -2.29. The second kappa shape index (κ2) is 61.9. The third-order valence-corrected chi connectivity index (χ3v) is 14.2. The normalized spacial score (nSPS) is 13.8. The molecule has 0 fully saturated rings. The molecule has 9 nitrogen and oxygen atoms in total. The molecule has 0 aliphatic heterocycles. The van der Waals surface area contributed by atoms with Crippen LogP contribution < -0.4 is 5.73 Å². The largest absolute Gasteiger partial charge is 0.472 e. The number of carbonyl (C=O) groups is 2. The lowest BCUT2D eigenvalue weighted by Gasteiger charge is -2.19. The van der Waals surface area contributed by atoms with E-state index in [9.17, 15) is 19.0 Å². The molecule has 0 aliphatic carbocycles. The zero-order valence-corrected chi connectivity index (χ0v) is 50.3. The highest BCUT2D eigenvalue weighted by Crippen LogP contribution is 2.43. The monoisotopic (exact) mass is 1090 g/mol. The molecule has 2 atom stereocenters. The molecule has 0 saturated heterocycles. The second-order valence-electron chi connectivity index (χ2n) is 20.6. The van der Waals surface area contributed by atoms with Crippen molar-refractivity contribution < 1.29 is 37.6 Å². The fourth-order valence-corrected chi connectivity index (χ4v) is 9.34. The van der Waals surface area contributed by atoms with Crippen molar-refractivity contribution in [1.29, 1.82) is 0 Å². The van der Waals surface area contributed by atoms with Crippen LogP contribution in [-0.2, 0) is 32.7 Å². The first-order valence-electron chi connectivity index (χ1n) is 31.4. The number of unbranched alkanes of at least 4 members (excludes halogenated alkanes) is 27. The van der Waals surface area contributed by atoms with Crippen LogP contribution in [0.15, 0.2) is 109 Å². The van der Waals surface area contributed by atoms with Crippen LogP contribution >= 0.6 is 7.82 Å². The fourth-order valence-electron chi connectivity index (χ4n) is 8.57.